The minimum atomic E-state index is -1.46. The molecule has 170 valence electrons. The first kappa shape index (κ1) is 23.9. The van der Waals surface area contributed by atoms with Crippen LogP contribution in [0.3, 0.4) is 0 Å². The summed E-state index contributed by atoms with van der Waals surface area (Å²) in [5, 5.41) is 2.51. The SMILES string of the molecule is CC(=O)OC[C@H]1O[C@@H](OC(C)=O)[C@@H](NC(=O)c2ccco2)[C@@H](OC(C)=O)[C@H]1OC(C)=O. The van der Waals surface area contributed by atoms with Crippen LogP contribution in [0, 0.1) is 0 Å². The number of ether oxygens (including phenoxy) is 5. The molecule has 0 aromatic carbocycles. The number of rotatable bonds is 7. The lowest BCUT2D eigenvalue weighted by Crippen LogP contribution is -2.67. The second kappa shape index (κ2) is 10.6. The third kappa shape index (κ3) is 6.81. The van der Waals surface area contributed by atoms with Gasteiger partial charge in [0.05, 0.1) is 6.26 Å². The largest absolute Gasteiger partial charge is 0.463 e. The van der Waals surface area contributed by atoms with Crippen LogP contribution in [0.1, 0.15) is 38.2 Å². The second-order valence-corrected chi connectivity index (χ2v) is 6.58. The molecule has 0 radical (unpaired) electrons. The summed E-state index contributed by atoms with van der Waals surface area (Å²) < 4.78 is 31.4. The Hall–Kier alpha value is -3.41. The summed E-state index contributed by atoms with van der Waals surface area (Å²) in [5.74, 6) is -3.73. The van der Waals surface area contributed by atoms with E-state index in [1.54, 1.807) is 0 Å². The lowest BCUT2D eigenvalue weighted by Gasteiger charge is -2.44. The van der Waals surface area contributed by atoms with Crippen LogP contribution < -0.4 is 5.32 Å². The predicted molar refractivity (Wildman–Crippen MR) is 98.1 cm³/mol. The molecule has 1 aliphatic rings. The van der Waals surface area contributed by atoms with Crippen LogP contribution in [-0.4, -0.2) is 67.0 Å². The first-order chi connectivity index (χ1) is 14.6. The van der Waals surface area contributed by atoms with Crippen LogP contribution in [0.2, 0.25) is 0 Å². The maximum Gasteiger partial charge on any atom is 0.305 e. The zero-order valence-electron chi connectivity index (χ0n) is 17.3. The van der Waals surface area contributed by atoms with Crippen molar-refractivity contribution in [3.63, 3.8) is 0 Å². The molecule has 12 heteroatoms. The maximum atomic E-state index is 12.5. The van der Waals surface area contributed by atoms with Gasteiger partial charge in [-0.05, 0) is 12.1 Å². The molecular weight excluding hydrogens is 418 g/mol. The van der Waals surface area contributed by atoms with Gasteiger partial charge in [-0.1, -0.05) is 0 Å². The van der Waals surface area contributed by atoms with Gasteiger partial charge < -0.3 is 33.4 Å². The van der Waals surface area contributed by atoms with Crippen molar-refractivity contribution >= 4 is 29.8 Å². The number of nitrogens with one attached hydrogen (secondary N) is 1. The molecule has 1 N–H and O–H groups in total. The van der Waals surface area contributed by atoms with Crippen LogP contribution in [0.5, 0.6) is 0 Å². The molecule has 5 atom stereocenters. The number of carbonyl (C=O) groups excluding carboxylic acids is 5. The molecule has 1 fully saturated rings. The Balaban J connectivity index is 2.42. The molecule has 1 saturated heterocycles. The summed E-state index contributed by atoms with van der Waals surface area (Å²) >= 11 is 0. The van der Waals surface area contributed by atoms with Crippen LogP contribution in [0.4, 0.5) is 0 Å². The standard InChI is InChI=1S/C19H23NO11/c1-9(21)27-8-14-16(28-10(2)22)17(29-11(3)23)15(19(31-14)30-12(4)24)20-18(25)13-6-5-7-26-13/h5-7,14-17,19H,8H2,1-4H3,(H,20,25)/t14-,15+,16+,17-,19-/m1/s1. The first-order valence-electron chi connectivity index (χ1n) is 9.23. The average Bonchev–Trinajstić information content (AvgIpc) is 3.18. The van der Waals surface area contributed by atoms with E-state index in [0.717, 1.165) is 27.7 Å². The highest BCUT2D eigenvalue weighted by Crippen LogP contribution is 2.28. The number of furan rings is 1. The Kier molecular flexibility index (Phi) is 8.14. The lowest BCUT2D eigenvalue weighted by molar-refractivity contribution is -0.270. The van der Waals surface area contributed by atoms with Gasteiger partial charge in [-0.3, -0.25) is 24.0 Å². The third-order valence-electron chi connectivity index (χ3n) is 4.03. The van der Waals surface area contributed by atoms with Gasteiger partial charge in [-0.2, -0.15) is 0 Å². The van der Waals surface area contributed by atoms with Crippen LogP contribution in [0.25, 0.3) is 0 Å². The molecule has 1 aliphatic heterocycles. The highest BCUT2D eigenvalue weighted by Gasteiger charge is 2.52. The van der Waals surface area contributed by atoms with Crippen molar-refractivity contribution in [2.75, 3.05) is 6.61 Å². The maximum absolute atomic E-state index is 12.5. The number of esters is 4. The van der Waals surface area contributed by atoms with E-state index in [0.29, 0.717) is 0 Å². The van der Waals surface area contributed by atoms with E-state index in [1.165, 1.54) is 18.4 Å². The Morgan fingerprint density at radius 1 is 0.903 bits per heavy atom. The molecular formula is C19H23NO11. The summed E-state index contributed by atoms with van der Waals surface area (Å²) in [6, 6.07) is 1.58. The lowest BCUT2D eigenvalue weighted by atomic mass is 9.96. The Bertz CT molecular complexity index is 819. The van der Waals surface area contributed by atoms with Crippen molar-refractivity contribution in [1.29, 1.82) is 0 Å². The van der Waals surface area contributed by atoms with Crippen molar-refractivity contribution in [2.45, 2.75) is 58.3 Å². The van der Waals surface area contributed by atoms with Gasteiger partial charge in [0.1, 0.15) is 18.8 Å². The summed E-state index contributed by atoms with van der Waals surface area (Å²) in [7, 11) is 0. The fourth-order valence-electron chi connectivity index (χ4n) is 2.95. The molecule has 0 saturated carbocycles. The molecule has 31 heavy (non-hydrogen) atoms. The van der Waals surface area contributed by atoms with Crippen LogP contribution in [-0.2, 0) is 42.9 Å². The van der Waals surface area contributed by atoms with Crippen LogP contribution in [0.15, 0.2) is 22.8 Å². The highest BCUT2D eigenvalue weighted by atomic mass is 16.7. The van der Waals surface area contributed by atoms with Crippen molar-refractivity contribution < 1.29 is 52.1 Å². The molecule has 12 nitrogen and oxygen atoms in total. The minimum Gasteiger partial charge on any atom is -0.463 e. The van der Waals surface area contributed by atoms with Crippen molar-refractivity contribution in [1.82, 2.24) is 5.32 Å². The summed E-state index contributed by atoms with van der Waals surface area (Å²) in [5.41, 5.74) is 0. The van der Waals surface area contributed by atoms with Crippen molar-refractivity contribution in [3.8, 4) is 0 Å². The fourth-order valence-corrected chi connectivity index (χ4v) is 2.95. The smallest absolute Gasteiger partial charge is 0.305 e. The monoisotopic (exact) mass is 441 g/mol. The molecule has 0 aliphatic carbocycles. The molecule has 0 unspecified atom stereocenters. The van der Waals surface area contributed by atoms with Crippen LogP contribution >= 0.6 is 0 Å². The summed E-state index contributed by atoms with van der Waals surface area (Å²) in [6.07, 6.45) is -4.00. The number of hydrogen-bond acceptors (Lipinski definition) is 11. The molecule has 2 heterocycles. The number of amides is 1. The van der Waals surface area contributed by atoms with Gasteiger partial charge in [0.2, 0.25) is 6.29 Å². The van der Waals surface area contributed by atoms with Gasteiger partial charge >= 0.3 is 23.9 Å². The van der Waals surface area contributed by atoms with E-state index in [-0.39, 0.29) is 5.76 Å². The molecule has 2 rings (SSSR count). The zero-order chi connectivity index (χ0) is 23.1. The van der Waals surface area contributed by atoms with E-state index in [4.69, 9.17) is 28.1 Å². The predicted octanol–water partition coefficient (Wildman–Crippen LogP) is 0.0925. The van der Waals surface area contributed by atoms with E-state index in [2.05, 4.69) is 5.32 Å². The minimum absolute atomic E-state index is 0.0748. The van der Waals surface area contributed by atoms with Gasteiger partial charge in [-0.15, -0.1) is 0 Å². The molecule has 1 aromatic heterocycles. The van der Waals surface area contributed by atoms with Gasteiger partial charge in [0.25, 0.3) is 5.91 Å². The zero-order valence-corrected chi connectivity index (χ0v) is 17.3. The number of carbonyl (C=O) groups is 5. The van der Waals surface area contributed by atoms with E-state index in [1.807, 2.05) is 0 Å². The fraction of sp³-hybridized carbons (Fsp3) is 0.526. The normalized spacial score (nSPS) is 25.1. The van der Waals surface area contributed by atoms with E-state index in [9.17, 15) is 24.0 Å². The second-order valence-electron chi connectivity index (χ2n) is 6.58. The molecule has 1 aromatic rings. The number of hydrogen-bond donors (Lipinski definition) is 1. The summed E-state index contributed by atoms with van der Waals surface area (Å²) in [6.45, 7) is 4.08. The third-order valence-corrected chi connectivity index (χ3v) is 4.03. The van der Waals surface area contributed by atoms with Crippen molar-refractivity contribution in [2.24, 2.45) is 0 Å². The first-order valence-corrected chi connectivity index (χ1v) is 9.23. The summed E-state index contributed by atoms with van der Waals surface area (Å²) in [4.78, 5) is 58.9. The average molecular weight is 441 g/mol. The van der Waals surface area contributed by atoms with Gasteiger partial charge in [0, 0.05) is 27.7 Å². The molecule has 0 spiro atoms. The topological polar surface area (TPSA) is 157 Å². The molecule has 0 bridgehead atoms. The Labute approximate surface area is 177 Å². The molecule has 1 amide bonds. The van der Waals surface area contributed by atoms with Gasteiger partial charge in [-0.25, -0.2) is 0 Å². The Morgan fingerprint density at radius 2 is 1.52 bits per heavy atom. The van der Waals surface area contributed by atoms with E-state index >= 15 is 0 Å². The van der Waals surface area contributed by atoms with E-state index < -0.39 is 67.0 Å². The van der Waals surface area contributed by atoms with Gasteiger partial charge in [0.15, 0.2) is 18.0 Å². The Morgan fingerprint density at radius 3 is 2.03 bits per heavy atom. The quantitative estimate of drug-likeness (QED) is 0.452. The van der Waals surface area contributed by atoms with Crippen molar-refractivity contribution in [3.05, 3.63) is 24.2 Å². The highest BCUT2D eigenvalue weighted by molar-refractivity contribution is 5.91.